The van der Waals surface area contributed by atoms with E-state index in [1.165, 1.54) is 29.2 Å². The van der Waals surface area contributed by atoms with Gasteiger partial charge in [0, 0.05) is 29.2 Å². The van der Waals surface area contributed by atoms with Crippen molar-refractivity contribution in [2.45, 2.75) is 31.4 Å². The van der Waals surface area contributed by atoms with Crippen LogP contribution in [0.15, 0.2) is 42.5 Å². The van der Waals surface area contributed by atoms with Gasteiger partial charge in [-0.15, -0.1) is 0 Å². The third kappa shape index (κ3) is 3.54. The van der Waals surface area contributed by atoms with Crippen molar-refractivity contribution in [1.29, 1.82) is 0 Å². The van der Waals surface area contributed by atoms with Crippen LogP contribution >= 0.6 is 11.6 Å². The molecule has 1 N–H and O–H groups in total. The number of carbonyl (C=O) groups is 1. The van der Waals surface area contributed by atoms with Crippen LogP contribution in [0.3, 0.4) is 0 Å². The number of aromatic nitrogens is 2. The number of hydrogen-bond donors (Lipinski definition) is 1. The van der Waals surface area contributed by atoms with Gasteiger partial charge in [0.05, 0.1) is 23.7 Å². The Hall–Kier alpha value is -3.26. The number of aromatic amines is 1. The molecule has 1 aliphatic heterocycles. The van der Waals surface area contributed by atoms with Crippen molar-refractivity contribution < 1.29 is 14.1 Å². The minimum Gasteiger partial charge on any atom is -0.340 e. The lowest BCUT2D eigenvalue weighted by atomic mass is 9.87. The molecule has 2 heterocycles. The summed E-state index contributed by atoms with van der Waals surface area (Å²) in [5.74, 6) is 1.01. The lowest BCUT2D eigenvalue weighted by Gasteiger charge is -2.44. The second kappa shape index (κ2) is 7.41. The lowest BCUT2D eigenvalue weighted by Crippen LogP contribution is -2.58. The zero-order valence-corrected chi connectivity index (χ0v) is 18.0. The van der Waals surface area contributed by atoms with Gasteiger partial charge in [-0.05, 0) is 55.2 Å². The lowest BCUT2D eigenvalue weighted by molar-refractivity contribution is -0.384. The van der Waals surface area contributed by atoms with Gasteiger partial charge >= 0.3 is 0 Å². The first kappa shape index (κ1) is 20.6. The summed E-state index contributed by atoms with van der Waals surface area (Å²) >= 11 is 6.36. The van der Waals surface area contributed by atoms with Gasteiger partial charge in [-0.1, -0.05) is 17.7 Å². The summed E-state index contributed by atoms with van der Waals surface area (Å²) in [5.41, 5.74) is 1.38. The SMILES string of the molecule is Cc1ccc(C(=O)N2CC(F)(c3ccc([N+](=O)[O-])cc3)C2)cc1-c1[nH]c(C2CC2)nc1Cl. The standard InChI is InChI=1S/C23H20ClFN4O3/c1-13-2-3-15(10-18(13)19-20(24)27-21(26-19)14-4-5-14)22(30)28-11-23(25,12-28)16-6-8-17(9-7-16)29(31)32/h2-3,6-10,14H,4-5,11-12H2,1H3,(H,26,27). The predicted molar refractivity (Wildman–Crippen MR) is 118 cm³/mol. The van der Waals surface area contributed by atoms with E-state index in [0.717, 1.165) is 29.8 Å². The number of nitro groups is 1. The number of nitrogens with zero attached hydrogens (tertiary/aromatic N) is 3. The average Bonchev–Trinajstić information content (AvgIpc) is 3.53. The molecule has 0 atom stereocenters. The maximum absolute atomic E-state index is 15.2. The first-order chi connectivity index (χ1) is 15.2. The van der Waals surface area contributed by atoms with Crippen molar-refractivity contribution in [1.82, 2.24) is 14.9 Å². The van der Waals surface area contributed by atoms with Gasteiger partial charge in [-0.2, -0.15) is 0 Å². The minimum absolute atomic E-state index is 0.0981. The summed E-state index contributed by atoms with van der Waals surface area (Å²) in [7, 11) is 0. The molecule has 2 aromatic carbocycles. The molecule has 1 amide bonds. The highest BCUT2D eigenvalue weighted by Gasteiger charge is 2.47. The number of halogens is 2. The predicted octanol–water partition coefficient (Wildman–Crippen LogP) is 5.14. The largest absolute Gasteiger partial charge is 0.340 e. The fourth-order valence-corrected chi connectivity index (χ4v) is 4.31. The van der Waals surface area contributed by atoms with Crippen molar-refractivity contribution in [3.63, 3.8) is 0 Å². The molecular formula is C23H20ClFN4O3. The van der Waals surface area contributed by atoms with Crippen LogP contribution in [0, 0.1) is 17.0 Å². The molecule has 0 radical (unpaired) electrons. The fraction of sp³-hybridized carbons (Fsp3) is 0.304. The summed E-state index contributed by atoms with van der Waals surface area (Å²) in [5, 5.41) is 11.2. The Balaban J connectivity index is 1.34. The van der Waals surface area contributed by atoms with Gasteiger partial charge in [-0.3, -0.25) is 14.9 Å². The molecule has 2 fully saturated rings. The topological polar surface area (TPSA) is 92.1 Å². The van der Waals surface area contributed by atoms with Crippen molar-refractivity contribution >= 4 is 23.2 Å². The number of likely N-dealkylation sites (tertiary alicyclic amines) is 1. The van der Waals surface area contributed by atoms with Crippen LogP contribution in [0.2, 0.25) is 5.15 Å². The van der Waals surface area contributed by atoms with E-state index in [2.05, 4.69) is 9.97 Å². The van der Waals surface area contributed by atoms with E-state index >= 15 is 4.39 Å². The Morgan fingerprint density at radius 3 is 2.56 bits per heavy atom. The number of benzene rings is 2. The van der Waals surface area contributed by atoms with E-state index in [1.54, 1.807) is 12.1 Å². The molecule has 2 aliphatic rings. The van der Waals surface area contributed by atoms with Crippen LogP contribution in [0.4, 0.5) is 10.1 Å². The Morgan fingerprint density at radius 1 is 1.25 bits per heavy atom. The van der Waals surface area contributed by atoms with Gasteiger partial charge < -0.3 is 9.88 Å². The number of carbonyl (C=O) groups excluding carboxylic acids is 1. The second-order valence-electron chi connectivity index (χ2n) is 8.52. The molecule has 7 nitrogen and oxygen atoms in total. The van der Waals surface area contributed by atoms with Crippen LogP contribution in [0.25, 0.3) is 11.3 Å². The Labute approximate surface area is 188 Å². The quantitative estimate of drug-likeness (QED) is 0.426. The van der Waals surface area contributed by atoms with Crippen molar-refractivity contribution in [3.8, 4) is 11.3 Å². The minimum atomic E-state index is -1.72. The van der Waals surface area contributed by atoms with Gasteiger partial charge in [-0.25, -0.2) is 9.37 Å². The smallest absolute Gasteiger partial charge is 0.269 e. The molecule has 164 valence electrons. The summed E-state index contributed by atoms with van der Waals surface area (Å²) in [6.45, 7) is 1.72. The fourth-order valence-electron chi connectivity index (χ4n) is 4.07. The molecule has 0 spiro atoms. The van der Waals surface area contributed by atoms with Gasteiger partial charge in [0.2, 0.25) is 0 Å². The Morgan fingerprint density at radius 2 is 1.94 bits per heavy atom. The number of alkyl halides is 1. The number of amides is 1. The highest BCUT2D eigenvalue weighted by Crippen LogP contribution is 2.41. The average molecular weight is 455 g/mol. The number of aryl methyl sites for hydroxylation is 1. The highest BCUT2D eigenvalue weighted by atomic mass is 35.5. The number of H-pyrrole nitrogens is 1. The van der Waals surface area contributed by atoms with Crippen LogP contribution in [-0.2, 0) is 5.67 Å². The van der Waals surface area contributed by atoms with Gasteiger partial charge in [0.25, 0.3) is 11.6 Å². The van der Waals surface area contributed by atoms with Gasteiger partial charge in [0.15, 0.2) is 10.8 Å². The summed E-state index contributed by atoms with van der Waals surface area (Å²) in [4.78, 5) is 32.4. The molecule has 0 bridgehead atoms. The van der Waals surface area contributed by atoms with Crippen LogP contribution in [-0.4, -0.2) is 38.8 Å². The van der Waals surface area contributed by atoms with Crippen molar-refractivity contribution in [2.24, 2.45) is 0 Å². The van der Waals surface area contributed by atoms with E-state index in [-0.39, 0.29) is 24.7 Å². The van der Waals surface area contributed by atoms with E-state index < -0.39 is 10.6 Å². The first-order valence-corrected chi connectivity index (χ1v) is 10.7. The zero-order chi connectivity index (χ0) is 22.6. The normalized spacial score (nSPS) is 17.2. The number of non-ortho nitro benzene ring substituents is 1. The number of nitrogens with one attached hydrogen (secondary N) is 1. The number of nitro benzene ring substituents is 1. The molecule has 0 unspecified atom stereocenters. The molecule has 1 aliphatic carbocycles. The van der Waals surface area contributed by atoms with E-state index in [0.29, 0.717) is 27.9 Å². The maximum Gasteiger partial charge on any atom is 0.269 e. The van der Waals surface area contributed by atoms with E-state index in [4.69, 9.17) is 11.6 Å². The highest BCUT2D eigenvalue weighted by molar-refractivity contribution is 6.32. The summed E-state index contributed by atoms with van der Waals surface area (Å²) in [6.07, 6.45) is 2.19. The maximum atomic E-state index is 15.2. The summed E-state index contributed by atoms with van der Waals surface area (Å²) in [6, 6.07) is 10.7. The first-order valence-electron chi connectivity index (χ1n) is 10.3. The molecule has 5 rings (SSSR count). The molecular weight excluding hydrogens is 435 g/mol. The second-order valence-corrected chi connectivity index (χ2v) is 8.88. The molecule has 1 saturated carbocycles. The number of imidazole rings is 1. The zero-order valence-electron chi connectivity index (χ0n) is 17.3. The van der Waals surface area contributed by atoms with Crippen LogP contribution in [0.1, 0.15) is 46.1 Å². The van der Waals surface area contributed by atoms with Crippen molar-refractivity contribution in [2.75, 3.05) is 13.1 Å². The van der Waals surface area contributed by atoms with E-state index in [9.17, 15) is 14.9 Å². The third-order valence-electron chi connectivity index (χ3n) is 6.16. The van der Waals surface area contributed by atoms with Crippen molar-refractivity contribution in [3.05, 3.63) is 80.2 Å². The number of rotatable bonds is 5. The van der Waals surface area contributed by atoms with Gasteiger partial charge in [0.1, 0.15) is 5.82 Å². The monoisotopic (exact) mass is 454 g/mol. The molecule has 32 heavy (non-hydrogen) atoms. The van der Waals surface area contributed by atoms with E-state index in [1.807, 2.05) is 13.0 Å². The Kier molecular flexibility index (Phi) is 4.78. The molecule has 9 heteroatoms. The molecule has 1 aromatic heterocycles. The molecule has 1 saturated heterocycles. The number of hydrogen-bond acceptors (Lipinski definition) is 4. The Bertz CT molecular complexity index is 1230. The van der Waals surface area contributed by atoms with Crippen LogP contribution in [0.5, 0.6) is 0 Å². The molecule has 3 aromatic rings. The van der Waals surface area contributed by atoms with Crippen LogP contribution < -0.4 is 0 Å². The summed E-state index contributed by atoms with van der Waals surface area (Å²) < 4.78 is 15.2. The third-order valence-corrected chi connectivity index (χ3v) is 6.44.